The van der Waals surface area contributed by atoms with Gasteiger partial charge in [-0.1, -0.05) is 18.9 Å². The highest BCUT2D eigenvalue weighted by molar-refractivity contribution is 7.80. The number of rotatable bonds is 16. The number of phenolic OH excluding ortho intramolecular Hbond substituents is 1. The van der Waals surface area contributed by atoms with E-state index in [1.807, 2.05) is 0 Å². The summed E-state index contributed by atoms with van der Waals surface area (Å²) in [6.45, 7) is 0.499. The molecule has 61 heavy (non-hydrogen) atoms. The summed E-state index contributed by atoms with van der Waals surface area (Å²) in [6, 6.07) is 12.3. The van der Waals surface area contributed by atoms with E-state index >= 15 is 0 Å². The summed E-state index contributed by atoms with van der Waals surface area (Å²) >= 11 is 5.47. The molecule has 10 atom stereocenters. The number of anilines is 1. The number of aromatic hydroxyl groups is 1. The molecule has 6 rings (SSSR count). The molecular weight excluding hydrogens is 823 g/mol. The Bertz CT molecular complexity index is 2200. The van der Waals surface area contributed by atoms with E-state index in [0.717, 1.165) is 6.42 Å². The van der Waals surface area contributed by atoms with Crippen LogP contribution in [0.1, 0.15) is 43.0 Å². The summed E-state index contributed by atoms with van der Waals surface area (Å²) in [5.41, 5.74) is 1.77. The van der Waals surface area contributed by atoms with Crippen molar-refractivity contribution in [2.45, 2.75) is 94.0 Å². The van der Waals surface area contributed by atoms with Crippen LogP contribution in [0.5, 0.6) is 5.75 Å². The maximum absolute atomic E-state index is 12.6. The third-order valence-corrected chi connectivity index (χ3v) is 10.7. The first-order chi connectivity index (χ1) is 29.2. The van der Waals surface area contributed by atoms with E-state index in [1.54, 1.807) is 24.3 Å². The number of nitrogens with one attached hydrogen (secondary N) is 3. The zero-order valence-electron chi connectivity index (χ0n) is 32.9. The molecule has 20 heteroatoms. The van der Waals surface area contributed by atoms with Crippen LogP contribution in [-0.4, -0.2) is 146 Å². The van der Waals surface area contributed by atoms with Gasteiger partial charge in [0.2, 0.25) is 5.91 Å². The first-order valence-corrected chi connectivity index (χ1v) is 20.0. The van der Waals surface area contributed by atoms with E-state index in [9.17, 15) is 55.2 Å². The predicted molar refractivity (Wildman–Crippen MR) is 220 cm³/mol. The van der Waals surface area contributed by atoms with Crippen molar-refractivity contribution in [1.29, 1.82) is 0 Å². The van der Waals surface area contributed by atoms with Gasteiger partial charge in [0.05, 0.1) is 18.8 Å². The van der Waals surface area contributed by atoms with Gasteiger partial charge in [-0.3, -0.25) is 9.59 Å². The Balaban J connectivity index is 0.984. The average molecular weight is 872 g/mol. The zero-order chi connectivity index (χ0) is 44.0. The first kappa shape index (κ1) is 45.7. The standard InChI is InChI=1S/C41H49N3O16S/c1-19(47)43-32-34(51)37(60-40-36(53)35(52)33(50)29(17-45)58-40)30(18-46)59-39(32)56-13-5-3-2-4-12-42-41(61)44-20-6-9-23(26(14-20)38(54)55)31-24-10-7-21(48)15-27(24)57-28-16-22(49)8-11-25(28)31/h6-11,14-16,29-30,32-37,39-40,45-46,48,50-53H,2-5,12-13,17-18H2,1H3,(H,43,47)(H,54,55)(H2,42,44,61)/t29-,30-,32-,33+,34-,35+,36-,37-,39-,40+/m1/s1. The molecule has 2 aromatic carbocycles. The van der Waals surface area contributed by atoms with Crippen LogP contribution < -0.4 is 21.4 Å². The number of carboxylic acid groups (broad SMARTS) is 1. The molecule has 330 valence electrons. The summed E-state index contributed by atoms with van der Waals surface area (Å²) in [4.78, 5) is 36.8. The van der Waals surface area contributed by atoms with Crippen LogP contribution >= 0.6 is 12.2 Å². The molecule has 3 aliphatic heterocycles. The molecule has 19 nitrogen and oxygen atoms in total. The number of carbonyl (C=O) groups is 2. The van der Waals surface area contributed by atoms with Crippen LogP contribution in [0, 0.1) is 0 Å². The van der Waals surface area contributed by atoms with E-state index < -0.39 is 86.4 Å². The molecule has 2 fully saturated rings. The largest absolute Gasteiger partial charge is 0.508 e. The number of ether oxygens (including phenoxy) is 4. The summed E-state index contributed by atoms with van der Waals surface area (Å²) < 4.78 is 28.7. The SMILES string of the molecule is CC(=O)N[C@H]1[C@H](OCCCCCCNC(=S)Nc2ccc(-c3c4ccc(=O)cc-4oc4cc(O)ccc34)c(C(=O)O)c2)O[C@H](CO)[C@@H](O[C@@H]2O[C@H](CO)[C@H](O)[C@H](O)[C@H]2O)[C@@H]1O. The van der Waals surface area contributed by atoms with Gasteiger partial charge in [-0.25, -0.2) is 4.79 Å². The maximum atomic E-state index is 12.6. The van der Waals surface area contributed by atoms with E-state index in [1.165, 1.54) is 37.3 Å². The second-order valence-corrected chi connectivity index (χ2v) is 15.2. The maximum Gasteiger partial charge on any atom is 0.336 e. The highest BCUT2D eigenvalue weighted by Gasteiger charge is 2.51. The number of aliphatic hydroxyl groups is 6. The van der Waals surface area contributed by atoms with Crippen molar-refractivity contribution in [3.8, 4) is 28.2 Å². The molecule has 0 bridgehead atoms. The number of carbonyl (C=O) groups excluding carboxylic acids is 1. The second-order valence-electron chi connectivity index (χ2n) is 14.8. The fourth-order valence-electron chi connectivity index (χ4n) is 7.42. The molecule has 1 aliphatic carbocycles. The first-order valence-electron chi connectivity index (χ1n) is 19.6. The monoisotopic (exact) mass is 871 g/mol. The minimum atomic E-state index is -1.78. The highest BCUT2D eigenvalue weighted by Crippen LogP contribution is 2.42. The normalized spacial score (nSPS) is 26.5. The number of phenols is 1. The molecule has 2 saturated heterocycles. The highest BCUT2D eigenvalue weighted by atomic mass is 32.1. The zero-order valence-corrected chi connectivity index (χ0v) is 33.7. The number of benzene rings is 3. The topological polar surface area (TPSA) is 299 Å². The minimum absolute atomic E-state index is 0.0345. The number of amides is 1. The van der Waals surface area contributed by atoms with Gasteiger partial charge in [-0.15, -0.1) is 0 Å². The van der Waals surface area contributed by atoms with Crippen molar-refractivity contribution in [3.63, 3.8) is 0 Å². The Morgan fingerprint density at radius 1 is 0.820 bits per heavy atom. The van der Waals surface area contributed by atoms with Gasteiger partial charge in [0.1, 0.15) is 65.9 Å². The van der Waals surface area contributed by atoms with Gasteiger partial charge in [-0.05, 0) is 67.0 Å². The van der Waals surface area contributed by atoms with Crippen molar-refractivity contribution >= 4 is 45.9 Å². The Labute approximate surface area is 353 Å². The molecule has 0 saturated carbocycles. The molecular formula is C41H49N3O16S. The third-order valence-electron chi connectivity index (χ3n) is 10.5. The Kier molecular flexibility index (Phi) is 15.2. The fraction of sp³-hybridized carbons (Fsp3) is 0.463. The Morgan fingerprint density at radius 2 is 1.54 bits per heavy atom. The van der Waals surface area contributed by atoms with E-state index in [4.69, 9.17) is 35.6 Å². The number of hydrogen-bond acceptors (Lipinski definition) is 16. The Morgan fingerprint density at radius 3 is 2.26 bits per heavy atom. The number of aromatic carboxylic acids is 1. The lowest BCUT2D eigenvalue weighted by Crippen LogP contribution is -2.67. The smallest absolute Gasteiger partial charge is 0.336 e. The molecule has 0 spiro atoms. The van der Waals surface area contributed by atoms with Gasteiger partial charge in [0.25, 0.3) is 0 Å². The van der Waals surface area contributed by atoms with Crippen molar-refractivity contribution in [2.24, 2.45) is 0 Å². The molecule has 0 aromatic heterocycles. The summed E-state index contributed by atoms with van der Waals surface area (Å²) in [5, 5.41) is 91.3. The molecule has 11 N–H and O–H groups in total. The molecule has 3 heterocycles. The summed E-state index contributed by atoms with van der Waals surface area (Å²) in [5.74, 6) is -1.54. The fourth-order valence-corrected chi connectivity index (χ4v) is 7.64. The predicted octanol–water partition coefficient (Wildman–Crippen LogP) is 0.600. The number of unbranched alkanes of at least 4 members (excludes halogenated alkanes) is 3. The van der Waals surface area contributed by atoms with Crippen molar-refractivity contribution in [1.82, 2.24) is 10.6 Å². The quantitative estimate of drug-likeness (QED) is 0.0417. The van der Waals surface area contributed by atoms with E-state index in [0.29, 0.717) is 53.6 Å². The molecule has 0 unspecified atom stereocenters. The molecule has 0 radical (unpaired) electrons. The molecule has 2 aromatic rings. The van der Waals surface area contributed by atoms with Crippen molar-refractivity contribution in [3.05, 3.63) is 70.4 Å². The van der Waals surface area contributed by atoms with Gasteiger partial charge in [0.15, 0.2) is 23.1 Å². The third kappa shape index (κ3) is 10.6. The Hall–Kier alpha value is -4.84. The van der Waals surface area contributed by atoms with Gasteiger partial charge < -0.3 is 80.2 Å². The second kappa shape index (κ2) is 20.4. The number of carboxylic acids is 1. The van der Waals surface area contributed by atoms with Crippen LogP contribution in [0.4, 0.5) is 5.69 Å². The van der Waals surface area contributed by atoms with E-state index in [2.05, 4.69) is 16.0 Å². The number of thiocarbonyl (C=S) groups is 1. The van der Waals surface area contributed by atoms with Crippen molar-refractivity contribution < 1.29 is 73.8 Å². The van der Waals surface area contributed by atoms with Crippen LogP contribution in [0.2, 0.25) is 0 Å². The number of hydrogen-bond donors (Lipinski definition) is 11. The number of aliphatic hydroxyl groups excluding tert-OH is 6. The molecule has 1 amide bonds. The number of fused-ring (bicyclic) bond motifs is 2. The minimum Gasteiger partial charge on any atom is -0.508 e. The van der Waals surface area contributed by atoms with Crippen LogP contribution in [-0.2, 0) is 23.7 Å². The van der Waals surface area contributed by atoms with Gasteiger partial charge in [-0.2, -0.15) is 0 Å². The average Bonchev–Trinajstić information content (AvgIpc) is 3.22. The van der Waals surface area contributed by atoms with Crippen LogP contribution in [0.25, 0.3) is 33.4 Å². The lowest BCUT2D eigenvalue weighted by atomic mass is 9.90. The van der Waals surface area contributed by atoms with Crippen molar-refractivity contribution in [2.75, 3.05) is 31.7 Å². The summed E-state index contributed by atoms with van der Waals surface area (Å²) in [7, 11) is 0. The van der Waals surface area contributed by atoms with Crippen LogP contribution in [0.15, 0.2) is 63.8 Å². The lowest BCUT2D eigenvalue weighted by molar-refractivity contribution is -0.348. The lowest BCUT2D eigenvalue weighted by Gasteiger charge is -2.47. The van der Waals surface area contributed by atoms with E-state index in [-0.39, 0.29) is 39.8 Å². The van der Waals surface area contributed by atoms with Gasteiger partial charge >= 0.3 is 5.97 Å². The van der Waals surface area contributed by atoms with Crippen LogP contribution in [0.3, 0.4) is 0 Å². The molecule has 4 aliphatic rings. The summed E-state index contributed by atoms with van der Waals surface area (Å²) in [6.07, 6.45) is -10.7. The van der Waals surface area contributed by atoms with Gasteiger partial charge in [0, 0.05) is 54.4 Å².